The molecular formula is C15H10FN3O4S. The minimum Gasteiger partial charge on any atom is -0.277 e. The number of halogens is 1. The Morgan fingerprint density at radius 1 is 1.08 bits per heavy atom. The van der Waals surface area contributed by atoms with E-state index in [1.807, 2.05) is 0 Å². The highest BCUT2D eigenvalue weighted by molar-refractivity contribution is 7.92. The van der Waals surface area contributed by atoms with Gasteiger partial charge in [0, 0.05) is 11.6 Å². The van der Waals surface area contributed by atoms with Crippen molar-refractivity contribution < 1.29 is 17.7 Å². The maximum Gasteiger partial charge on any atom is 0.325 e. The number of nitrogens with one attached hydrogen (secondary N) is 1. The molecule has 0 unspecified atom stereocenters. The lowest BCUT2D eigenvalue weighted by molar-refractivity contribution is -0.390. The Labute approximate surface area is 136 Å². The summed E-state index contributed by atoms with van der Waals surface area (Å²) in [6.07, 6.45) is 1.49. The molecule has 1 aromatic heterocycles. The van der Waals surface area contributed by atoms with Crippen molar-refractivity contribution in [1.29, 1.82) is 0 Å². The number of nitro groups is 1. The van der Waals surface area contributed by atoms with Crippen molar-refractivity contribution in [3.05, 3.63) is 70.7 Å². The van der Waals surface area contributed by atoms with Crippen molar-refractivity contribution in [2.24, 2.45) is 0 Å². The third-order valence-corrected chi connectivity index (χ3v) is 4.70. The van der Waals surface area contributed by atoms with Crippen LogP contribution in [0.4, 0.5) is 15.8 Å². The van der Waals surface area contributed by atoms with Crippen LogP contribution in [0.25, 0.3) is 10.9 Å². The van der Waals surface area contributed by atoms with Crippen LogP contribution < -0.4 is 4.72 Å². The Morgan fingerprint density at radius 3 is 2.54 bits per heavy atom. The van der Waals surface area contributed by atoms with Crippen molar-refractivity contribution in [3.63, 3.8) is 0 Å². The van der Waals surface area contributed by atoms with E-state index < -0.39 is 31.3 Å². The van der Waals surface area contributed by atoms with Crippen LogP contribution in [0.3, 0.4) is 0 Å². The number of para-hydroxylation sites is 2. The average Bonchev–Trinajstić information content (AvgIpc) is 2.54. The van der Waals surface area contributed by atoms with Gasteiger partial charge < -0.3 is 0 Å². The van der Waals surface area contributed by atoms with Crippen LogP contribution in [0.5, 0.6) is 0 Å². The molecule has 0 aliphatic carbocycles. The van der Waals surface area contributed by atoms with Gasteiger partial charge in [0.05, 0.1) is 16.1 Å². The number of anilines is 1. The summed E-state index contributed by atoms with van der Waals surface area (Å²) in [4.78, 5) is 13.3. The van der Waals surface area contributed by atoms with E-state index in [9.17, 15) is 22.9 Å². The molecule has 3 aromatic rings. The zero-order chi connectivity index (χ0) is 17.3. The Hall–Kier alpha value is -3.07. The minimum absolute atomic E-state index is 0.145. The summed E-state index contributed by atoms with van der Waals surface area (Å²) in [7, 11) is -4.37. The monoisotopic (exact) mass is 347 g/mol. The predicted octanol–water partition coefficient (Wildman–Crippen LogP) is 3.08. The normalized spacial score (nSPS) is 11.4. The van der Waals surface area contributed by atoms with Gasteiger partial charge in [-0.15, -0.1) is 0 Å². The van der Waals surface area contributed by atoms with Crippen LogP contribution in [-0.2, 0) is 10.0 Å². The zero-order valence-electron chi connectivity index (χ0n) is 12.0. The van der Waals surface area contributed by atoms with Gasteiger partial charge in [0.2, 0.25) is 5.82 Å². The molecule has 3 rings (SSSR count). The highest BCUT2D eigenvalue weighted by Gasteiger charge is 2.29. The van der Waals surface area contributed by atoms with E-state index in [1.54, 1.807) is 24.3 Å². The third kappa shape index (κ3) is 2.76. The molecule has 0 radical (unpaired) electrons. The summed E-state index contributed by atoms with van der Waals surface area (Å²) in [6, 6.07) is 11.2. The molecule has 0 saturated heterocycles. The summed E-state index contributed by atoms with van der Waals surface area (Å²) in [5, 5.41) is 11.7. The minimum atomic E-state index is -4.37. The molecule has 0 amide bonds. The van der Waals surface area contributed by atoms with Gasteiger partial charge in [-0.2, -0.15) is 4.39 Å². The lowest BCUT2D eigenvalue weighted by atomic mass is 10.2. The second-order valence-electron chi connectivity index (χ2n) is 4.83. The molecule has 1 N–H and O–H groups in total. The van der Waals surface area contributed by atoms with Gasteiger partial charge in [-0.1, -0.05) is 24.3 Å². The maximum absolute atomic E-state index is 13.7. The fourth-order valence-corrected chi connectivity index (χ4v) is 3.52. The molecule has 24 heavy (non-hydrogen) atoms. The van der Waals surface area contributed by atoms with Crippen LogP contribution in [-0.4, -0.2) is 18.3 Å². The molecule has 1 heterocycles. The van der Waals surface area contributed by atoms with E-state index in [-0.39, 0.29) is 5.69 Å². The molecule has 0 saturated carbocycles. The lowest BCUT2D eigenvalue weighted by Crippen LogP contribution is -2.15. The molecule has 0 atom stereocenters. The fourth-order valence-electron chi connectivity index (χ4n) is 2.28. The Kier molecular flexibility index (Phi) is 3.86. The Morgan fingerprint density at radius 2 is 1.79 bits per heavy atom. The predicted molar refractivity (Wildman–Crippen MR) is 85.6 cm³/mol. The number of nitro benzene ring substituents is 1. The van der Waals surface area contributed by atoms with Crippen molar-refractivity contribution in [2.75, 3.05) is 4.72 Å². The van der Waals surface area contributed by atoms with Crippen molar-refractivity contribution in [1.82, 2.24) is 4.98 Å². The van der Waals surface area contributed by atoms with E-state index in [2.05, 4.69) is 9.71 Å². The third-order valence-electron chi connectivity index (χ3n) is 3.30. The van der Waals surface area contributed by atoms with Crippen LogP contribution in [0.1, 0.15) is 0 Å². The van der Waals surface area contributed by atoms with Gasteiger partial charge >= 0.3 is 5.69 Å². The molecule has 7 nitrogen and oxygen atoms in total. The topological polar surface area (TPSA) is 102 Å². The van der Waals surface area contributed by atoms with Crippen LogP contribution in [0.15, 0.2) is 59.6 Å². The SMILES string of the molecule is O=[N+]([O-])c1c(F)cccc1S(=O)(=O)Nc1cccc2cccnc12. The largest absolute Gasteiger partial charge is 0.325 e. The quantitative estimate of drug-likeness (QED) is 0.577. The maximum atomic E-state index is 13.7. The van der Waals surface area contributed by atoms with Crippen LogP contribution in [0.2, 0.25) is 0 Å². The van der Waals surface area contributed by atoms with Crippen molar-refractivity contribution in [2.45, 2.75) is 4.90 Å². The number of aromatic nitrogens is 1. The molecule has 2 aromatic carbocycles. The Bertz CT molecular complexity index is 1050. The Balaban J connectivity index is 2.13. The van der Waals surface area contributed by atoms with E-state index in [0.29, 0.717) is 10.9 Å². The molecule has 0 fully saturated rings. The zero-order valence-corrected chi connectivity index (χ0v) is 12.8. The number of rotatable bonds is 4. The average molecular weight is 347 g/mol. The van der Waals surface area contributed by atoms with Crippen molar-refractivity contribution in [3.8, 4) is 0 Å². The number of sulfonamides is 1. The second kappa shape index (κ2) is 5.85. The highest BCUT2D eigenvalue weighted by atomic mass is 32.2. The summed E-state index contributed by atoms with van der Waals surface area (Å²) in [6.45, 7) is 0. The smallest absolute Gasteiger partial charge is 0.277 e. The summed E-state index contributed by atoms with van der Waals surface area (Å²) in [5.74, 6) is -1.22. The van der Waals surface area contributed by atoms with E-state index in [1.165, 1.54) is 12.3 Å². The second-order valence-corrected chi connectivity index (χ2v) is 6.48. The molecule has 0 aliphatic rings. The summed E-state index contributed by atoms with van der Waals surface area (Å²) >= 11 is 0. The lowest BCUT2D eigenvalue weighted by Gasteiger charge is -2.10. The molecule has 122 valence electrons. The number of hydrogen-bond acceptors (Lipinski definition) is 5. The van der Waals surface area contributed by atoms with E-state index >= 15 is 0 Å². The molecule has 0 spiro atoms. The van der Waals surface area contributed by atoms with Gasteiger partial charge in [0.1, 0.15) is 0 Å². The molecule has 0 bridgehead atoms. The van der Waals surface area contributed by atoms with E-state index in [4.69, 9.17) is 0 Å². The number of nitrogens with zero attached hydrogens (tertiary/aromatic N) is 2. The molecule has 0 aliphatic heterocycles. The van der Waals surface area contributed by atoms with Crippen molar-refractivity contribution >= 4 is 32.3 Å². The first-order valence-electron chi connectivity index (χ1n) is 6.69. The first-order valence-corrected chi connectivity index (χ1v) is 8.18. The number of benzene rings is 2. The summed E-state index contributed by atoms with van der Waals surface area (Å²) < 4.78 is 40.9. The number of pyridine rings is 1. The number of fused-ring (bicyclic) bond motifs is 1. The van der Waals surface area contributed by atoms with Gasteiger partial charge in [-0.05, 0) is 24.3 Å². The van der Waals surface area contributed by atoms with Crippen LogP contribution in [0, 0.1) is 15.9 Å². The van der Waals surface area contributed by atoms with Gasteiger partial charge in [0.15, 0.2) is 4.90 Å². The van der Waals surface area contributed by atoms with E-state index in [0.717, 1.165) is 18.2 Å². The van der Waals surface area contributed by atoms with Gasteiger partial charge in [-0.3, -0.25) is 19.8 Å². The summed E-state index contributed by atoms with van der Waals surface area (Å²) in [5.41, 5.74) is -0.576. The fraction of sp³-hybridized carbons (Fsp3) is 0. The standard InChI is InChI=1S/C15H10FN3O4S/c16-11-6-2-8-13(15(11)19(20)21)24(22,23)18-12-7-1-4-10-5-3-9-17-14(10)12/h1-9,18H. The first-order chi connectivity index (χ1) is 11.4. The van der Waals surface area contributed by atoms with Gasteiger partial charge in [-0.25, -0.2) is 8.42 Å². The van der Waals surface area contributed by atoms with Crippen LogP contribution >= 0.6 is 0 Å². The van der Waals surface area contributed by atoms with Gasteiger partial charge in [0.25, 0.3) is 10.0 Å². The highest BCUT2D eigenvalue weighted by Crippen LogP contribution is 2.30. The molecular weight excluding hydrogens is 337 g/mol. The molecule has 9 heteroatoms. The number of hydrogen-bond donors (Lipinski definition) is 1. The first kappa shape index (κ1) is 15.8.